The zero-order valence-electron chi connectivity index (χ0n) is 22.6. The summed E-state index contributed by atoms with van der Waals surface area (Å²) >= 11 is 0. The second-order valence-corrected chi connectivity index (χ2v) is 12.9. The Hall–Kier alpha value is -2.18. The fourth-order valence-corrected chi connectivity index (χ4v) is 9.73. The van der Waals surface area contributed by atoms with Crippen LogP contribution in [0.3, 0.4) is 0 Å². The van der Waals surface area contributed by atoms with Gasteiger partial charge in [0.2, 0.25) is 0 Å². The third-order valence-corrected chi connectivity index (χ3v) is 11.0. The van der Waals surface area contributed by atoms with Gasteiger partial charge in [0.05, 0.1) is 24.7 Å². The summed E-state index contributed by atoms with van der Waals surface area (Å²) in [6.45, 7) is 10.2. The molecule has 4 fully saturated rings. The van der Waals surface area contributed by atoms with Gasteiger partial charge >= 0.3 is 5.97 Å². The Morgan fingerprint density at radius 2 is 1.95 bits per heavy atom. The summed E-state index contributed by atoms with van der Waals surface area (Å²) in [5, 5.41) is 11.1. The van der Waals surface area contributed by atoms with Crippen molar-refractivity contribution in [1.29, 1.82) is 0 Å². The quantitative estimate of drug-likeness (QED) is 0.405. The number of carbonyl (C=O) groups excluding carboxylic acids is 1. The smallest absolute Gasteiger partial charge is 0.315 e. The van der Waals surface area contributed by atoms with Gasteiger partial charge in [0, 0.05) is 17.6 Å². The van der Waals surface area contributed by atoms with E-state index in [1.807, 2.05) is 18.2 Å². The molecule has 3 saturated carbocycles. The molecular weight excluding hydrogens is 466 g/mol. The zero-order chi connectivity index (χ0) is 26.2. The second kappa shape index (κ2) is 8.67. The second-order valence-electron chi connectivity index (χ2n) is 12.9. The molecule has 1 aromatic rings. The number of benzene rings is 1. The number of anilines is 1. The zero-order valence-corrected chi connectivity index (χ0v) is 22.6. The van der Waals surface area contributed by atoms with Crippen molar-refractivity contribution in [3.63, 3.8) is 0 Å². The van der Waals surface area contributed by atoms with E-state index in [4.69, 9.17) is 9.47 Å². The summed E-state index contributed by atoms with van der Waals surface area (Å²) in [5.41, 5.74) is -0.595. The van der Waals surface area contributed by atoms with Crippen molar-refractivity contribution in [2.45, 2.75) is 65.8 Å². The number of fused-ring (bicyclic) bond motifs is 2. The van der Waals surface area contributed by atoms with Crippen LogP contribution in [0.5, 0.6) is 0 Å². The van der Waals surface area contributed by atoms with Crippen LogP contribution in [0.2, 0.25) is 0 Å². The molecule has 6 rings (SSSR count). The minimum atomic E-state index is -1.20. The third-order valence-electron chi connectivity index (χ3n) is 11.0. The first-order chi connectivity index (χ1) is 17.7. The number of ether oxygens (including phenoxy) is 2. The highest BCUT2D eigenvalue weighted by atomic mass is 16.7. The predicted molar refractivity (Wildman–Crippen MR) is 141 cm³/mol. The lowest BCUT2D eigenvalue weighted by Crippen LogP contribution is -2.64. The van der Waals surface area contributed by atoms with Gasteiger partial charge in [-0.3, -0.25) is 4.79 Å². The number of carbonyl (C=O) groups is 2. The molecular formula is C31H41NO5. The minimum Gasteiger partial charge on any atom is -0.481 e. The van der Waals surface area contributed by atoms with E-state index in [2.05, 4.69) is 50.8 Å². The maximum atomic E-state index is 13.6. The van der Waals surface area contributed by atoms with Crippen LogP contribution >= 0.6 is 0 Å². The van der Waals surface area contributed by atoms with Crippen molar-refractivity contribution in [2.75, 3.05) is 24.6 Å². The fourth-order valence-electron chi connectivity index (χ4n) is 9.73. The van der Waals surface area contributed by atoms with E-state index in [9.17, 15) is 14.7 Å². The molecule has 37 heavy (non-hydrogen) atoms. The van der Waals surface area contributed by atoms with Crippen LogP contribution in [-0.2, 0) is 19.1 Å². The van der Waals surface area contributed by atoms with E-state index in [0.29, 0.717) is 31.4 Å². The molecule has 1 aliphatic heterocycles. The number of rotatable bonds is 7. The molecule has 1 aromatic carbocycles. The Labute approximate surface area is 220 Å². The van der Waals surface area contributed by atoms with Crippen LogP contribution in [0.4, 0.5) is 5.69 Å². The molecule has 9 atom stereocenters. The van der Waals surface area contributed by atoms with Crippen molar-refractivity contribution in [2.24, 2.45) is 45.8 Å². The van der Waals surface area contributed by atoms with E-state index in [-0.39, 0.29) is 23.9 Å². The van der Waals surface area contributed by atoms with E-state index >= 15 is 0 Å². The average molecular weight is 508 g/mol. The standard InChI is InChI=1S/C31H41NO5/c1-19(2)26-12-22-13-29(17-33)25-11-10-20(3)24(25)14-30(22,31(26,29)28(34)35)18-36-27-16-32(15-21(4)37-27)23-8-6-5-7-9-23/h5-9,12,17,19-22,24-25,27H,10-11,13-16,18H2,1-4H3,(H,34,35)/t20-,21-,22+,24-,25-,27-,29+,30?,31+/m1/s1. The Bertz CT molecular complexity index is 1100. The normalized spacial score (nSPS) is 44.1. The molecule has 4 aliphatic carbocycles. The van der Waals surface area contributed by atoms with Crippen molar-refractivity contribution < 1.29 is 24.2 Å². The SMILES string of the molecule is CC(C)C1=C[C@H]2C[C@]3(C=O)[C@@H]4CC[C@@H](C)[C@H]4CC2(CO[C@H]2CN(c4ccccc4)C[C@@H](C)O2)[C@]13C(=O)O. The number of carboxylic acid groups (broad SMARTS) is 1. The van der Waals surface area contributed by atoms with E-state index < -0.39 is 28.5 Å². The van der Waals surface area contributed by atoms with E-state index in [1.165, 1.54) is 0 Å². The van der Waals surface area contributed by atoms with Crippen LogP contribution < -0.4 is 4.90 Å². The molecule has 1 N–H and O–H groups in total. The van der Waals surface area contributed by atoms with Crippen LogP contribution in [-0.4, -0.2) is 49.5 Å². The van der Waals surface area contributed by atoms with Crippen LogP contribution in [0.25, 0.3) is 0 Å². The fraction of sp³-hybridized carbons (Fsp3) is 0.677. The number of morpholine rings is 1. The Kier molecular flexibility index (Phi) is 5.89. The van der Waals surface area contributed by atoms with Crippen LogP contribution in [0.15, 0.2) is 42.0 Å². The van der Waals surface area contributed by atoms with E-state index in [0.717, 1.165) is 43.4 Å². The van der Waals surface area contributed by atoms with Gasteiger partial charge in [-0.1, -0.05) is 57.0 Å². The first-order valence-corrected chi connectivity index (χ1v) is 14.2. The van der Waals surface area contributed by atoms with Gasteiger partial charge in [0.15, 0.2) is 6.29 Å². The lowest BCUT2D eigenvalue weighted by Gasteiger charge is -2.58. The first kappa shape index (κ1) is 25.1. The largest absolute Gasteiger partial charge is 0.481 e. The lowest BCUT2D eigenvalue weighted by molar-refractivity contribution is -0.218. The molecule has 4 bridgehead atoms. The molecule has 1 saturated heterocycles. The molecule has 0 radical (unpaired) electrons. The van der Waals surface area contributed by atoms with Crippen molar-refractivity contribution in [3.05, 3.63) is 42.0 Å². The molecule has 6 nitrogen and oxygen atoms in total. The molecule has 200 valence electrons. The summed E-state index contributed by atoms with van der Waals surface area (Å²) in [4.78, 5) is 29.1. The molecule has 0 amide bonds. The average Bonchev–Trinajstić information content (AvgIpc) is 3.45. The molecule has 6 heteroatoms. The summed E-state index contributed by atoms with van der Waals surface area (Å²) in [5.74, 6) is 0.263. The topological polar surface area (TPSA) is 76.1 Å². The number of aliphatic carboxylic acids is 1. The van der Waals surface area contributed by atoms with Gasteiger partial charge in [0.1, 0.15) is 11.7 Å². The highest BCUT2D eigenvalue weighted by Gasteiger charge is 2.84. The van der Waals surface area contributed by atoms with Gasteiger partial charge in [-0.05, 0) is 67.9 Å². The van der Waals surface area contributed by atoms with Gasteiger partial charge in [-0.25, -0.2) is 0 Å². The van der Waals surface area contributed by atoms with Crippen LogP contribution in [0, 0.1) is 45.8 Å². The molecule has 1 heterocycles. The van der Waals surface area contributed by atoms with Gasteiger partial charge in [-0.2, -0.15) is 0 Å². The Balaban J connectivity index is 1.37. The number of nitrogens with zero attached hydrogens (tertiary/aromatic N) is 1. The summed E-state index contributed by atoms with van der Waals surface area (Å²) in [7, 11) is 0. The van der Waals surface area contributed by atoms with Crippen molar-refractivity contribution in [1.82, 2.24) is 0 Å². The number of para-hydroxylation sites is 1. The maximum absolute atomic E-state index is 13.6. The maximum Gasteiger partial charge on any atom is 0.315 e. The number of aldehydes is 1. The molecule has 0 spiro atoms. The lowest BCUT2D eigenvalue weighted by atomic mass is 9.43. The third kappa shape index (κ3) is 3.18. The monoisotopic (exact) mass is 507 g/mol. The summed E-state index contributed by atoms with van der Waals surface area (Å²) < 4.78 is 12.9. The minimum absolute atomic E-state index is 0.00537. The van der Waals surface area contributed by atoms with Gasteiger partial charge in [-0.15, -0.1) is 0 Å². The Morgan fingerprint density at radius 1 is 1.19 bits per heavy atom. The summed E-state index contributed by atoms with van der Waals surface area (Å²) in [6, 6.07) is 10.3. The highest BCUT2D eigenvalue weighted by Crippen LogP contribution is 2.82. The summed E-state index contributed by atoms with van der Waals surface area (Å²) in [6.07, 6.45) is 6.32. The van der Waals surface area contributed by atoms with Crippen LogP contribution in [0.1, 0.15) is 53.4 Å². The molecule has 1 unspecified atom stereocenters. The highest BCUT2D eigenvalue weighted by molar-refractivity contribution is 5.90. The van der Waals surface area contributed by atoms with Gasteiger partial charge < -0.3 is 24.3 Å². The van der Waals surface area contributed by atoms with Crippen molar-refractivity contribution in [3.8, 4) is 0 Å². The number of carboxylic acids is 1. The van der Waals surface area contributed by atoms with Gasteiger partial charge in [0.25, 0.3) is 0 Å². The van der Waals surface area contributed by atoms with Crippen molar-refractivity contribution >= 4 is 17.9 Å². The molecule has 5 aliphatic rings. The Morgan fingerprint density at radius 3 is 2.62 bits per heavy atom. The number of allylic oxidation sites excluding steroid dienone is 1. The predicted octanol–water partition coefficient (Wildman–Crippen LogP) is 5.18. The number of hydrogen-bond acceptors (Lipinski definition) is 5. The number of hydrogen-bond donors (Lipinski definition) is 1. The molecule has 0 aromatic heterocycles. The van der Waals surface area contributed by atoms with E-state index in [1.54, 1.807) is 0 Å². The first-order valence-electron chi connectivity index (χ1n) is 14.2.